The molecular weight excluding hydrogens is 428 g/mol. The number of urea groups is 1. The maximum absolute atomic E-state index is 12.9. The fraction of sp³-hybridized carbons (Fsp3) is 0.308. The summed E-state index contributed by atoms with van der Waals surface area (Å²) in [5.41, 5.74) is 3.02. The smallest absolute Gasteiger partial charge is 0.321 e. The van der Waals surface area contributed by atoms with E-state index in [0.717, 1.165) is 59.8 Å². The van der Waals surface area contributed by atoms with Gasteiger partial charge in [-0.2, -0.15) is 4.98 Å². The Morgan fingerprint density at radius 3 is 2.50 bits per heavy atom. The molecule has 2 amide bonds. The van der Waals surface area contributed by atoms with E-state index in [1.807, 2.05) is 65.6 Å². The molecule has 8 heteroatoms. The van der Waals surface area contributed by atoms with E-state index in [1.165, 1.54) is 0 Å². The molecule has 5 rings (SSSR count). The Labute approximate surface area is 198 Å². The minimum Gasteiger partial charge on any atom is -0.354 e. The van der Waals surface area contributed by atoms with Crippen LogP contribution in [0.4, 0.5) is 16.3 Å². The Kier molecular flexibility index (Phi) is 6.38. The predicted molar refractivity (Wildman–Crippen MR) is 133 cm³/mol. The Hall–Kier alpha value is -3.94. The average Bonchev–Trinajstić information content (AvgIpc) is 3.13. The minimum absolute atomic E-state index is 0.0810. The number of para-hydroxylation sites is 1. The minimum atomic E-state index is -0.0810. The molecule has 3 heterocycles. The lowest BCUT2D eigenvalue weighted by Crippen LogP contribution is -2.38. The summed E-state index contributed by atoms with van der Waals surface area (Å²) < 4.78 is 5.68. The Balaban J connectivity index is 1.43. The van der Waals surface area contributed by atoms with E-state index in [2.05, 4.69) is 27.3 Å². The molecule has 0 bridgehead atoms. The van der Waals surface area contributed by atoms with E-state index in [0.29, 0.717) is 25.3 Å². The number of rotatable bonds is 5. The first-order valence-electron chi connectivity index (χ1n) is 11.8. The van der Waals surface area contributed by atoms with Crippen molar-refractivity contribution in [1.29, 1.82) is 0 Å². The summed E-state index contributed by atoms with van der Waals surface area (Å²) in [7, 11) is 0. The number of amides is 2. The van der Waals surface area contributed by atoms with E-state index in [-0.39, 0.29) is 6.03 Å². The van der Waals surface area contributed by atoms with Crippen LogP contribution in [0.2, 0.25) is 0 Å². The molecule has 0 radical (unpaired) electrons. The van der Waals surface area contributed by atoms with Crippen molar-refractivity contribution >= 4 is 28.6 Å². The molecule has 0 aliphatic carbocycles. The molecule has 0 unspecified atom stereocenters. The first-order chi connectivity index (χ1) is 16.7. The third-order valence-electron chi connectivity index (χ3n) is 5.99. The predicted octanol–water partition coefficient (Wildman–Crippen LogP) is 4.98. The van der Waals surface area contributed by atoms with Crippen LogP contribution in [0, 0.1) is 0 Å². The van der Waals surface area contributed by atoms with Gasteiger partial charge < -0.3 is 19.6 Å². The van der Waals surface area contributed by atoms with Crippen molar-refractivity contribution in [2.75, 3.05) is 36.4 Å². The highest BCUT2D eigenvalue weighted by atomic mass is 16.5. The lowest BCUT2D eigenvalue weighted by atomic mass is 10.1. The largest absolute Gasteiger partial charge is 0.354 e. The third-order valence-corrected chi connectivity index (χ3v) is 5.99. The van der Waals surface area contributed by atoms with Crippen molar-refractivity contribution in [3.05, 3.63) is 66.5 Å². The topological polar surface area (TPSA) is 87.4 Å². The maximum Gasteiger partial charge on any atom is 0.321 e. The van der Waals surface area contributed by atoms with Crippen molar-refractivity contribution in [2.45, 2.75) is 26.2 Å². The average molecular weight is 457 g/mol. The van der Waals surface area contributed by atoms with E-state index in [1.54, 1.807) is 0 Å². The van der Waals surface area contributed by atoms with Crippen LogP contribution < -0.4 is 10.2 Å². The van der Waals surface area contributed by atoms with E-state index in [4.69, 9.17) is 9.51 Å². The molecule has 1 fully saturated rings. The summed E-state index contributed by atoms with van der Waals surface area (Å²) in [6, 6.07) is 19.4. The zero-order valence-electron chi connectivity index (χ0n) is 19.3. The highest BCUT2D eigenvalue weighted by Crippen LogP contribution is 2.34. The fourth-order valence-corrected chi connectivity index (χ4v) is 4.29. The first kappa shape index (κ1) is 21.9. The molecule has 174 valence electrons. The van der Waals surface area contributed by atoms with Gasteiger partial charge in [0.1, 0.15) is 22.7 Å². The number of hydrogen-bond donors (Lipinski definition) is 1. The van der Waals surface area contributed by atoms with Crippen molar-refractivity contribution in [3.8, 4) is 11.3 Å². The van der Waals surface area contributed by atoms with Gasteiger partial charge in [0.25, 0.3) is 5.71 Å². The highest BCUT2D eigenvalue weighted by molar-refractivity contribution is 5.98. The number of nitrogens with one attached hydrogen (secondary N) is 1. The van der Waals surface area contributed by atoms with E-state index in [9.17, 15) is 4.79 Å². The van der Waals surface area contributed by atoms with Crippen LogP contribution in [0.3, 0.4) is 0 Å². The zero-order valence-corrected chi connectivity index (χ0v) is 19.3. The van der Waals surface area contributed by atoms with Crippen molar-refractivity contribution in [3.63, 3.8) is 0 Å². The molecule has 34 heavy (non-hydrogen) atoms. The molecule has 1 saturated heterocycles. The van der Waals surface area contributed by atoms with Gasteiger partial charge in [-0.3, -0.25) is 0 Å². The molecule has 1 aliphatic rings. The molecule has 2 aromatic carbocycles. The standard InChI is InChI=1S/C26H28N6O2/c1-2-10-21-28-24(22-23(30-34-25(22)29-21)19-11-5-3-6-12-19)31-15-9-16-32(18-17-31)26(33)27-20-13-7-4-8-14-20/h3-8,11-14H,2,9-10,15-18H2,1H3,(H,27,33). The number of aromatic nitrogens is 3. The van der Waals surface area contributed by atoms with Crippen molar-refractivity contribution in [1.82, 2.24) is 20.0 Å². The van der Waals surface area contributed by atoms with Crippen LogP contribution in [0.5, 0.6) is 0 Å². The van der Waals surface area contributed by atoms with Crippen molar-refractivity contribution < 1.29 is 9.32 Å². The zero-order chi connectivity index (χ0) is 23.3. The maximum atomic E-state index is 12.9. The fourth-order valence-electron chi connectivity index (χ4n) is 4.29. The second kappa shape index (κ2) is 9.91. The summed E-state index contributed by atoms with van der Waals surface area (Å²) in [6.07, 6.45) is 2.55. The molecule has 2 aromatic heterocycles. The van der Waals surface area contributed by atoms with E-state index >= 15 is 0 Å². The van der Waals surface area contributed by atoms with Gasteiger partial charge >= 0.3 is 6.03 Å². The molecule has 1 aliphatic heterocycles. The molecule has 4 aromatic rings. The van der Waals surface area contributed by atoms with Gasteiger partial charge in [-0.05, 0) is 25.0 Å². The molecule has 1 N–H and O–H groups in total. The summed E-state index contributed by atoms with van der Waals surface area (Å²) >= 11 is 0. The van der Waals surface area contributed by atoms with Gasteiger partial charge in [0.05, 0.1) is 0 Å². The summed E-state index contributed by atoms with van der Waals surface area (Å²) in [5, 5.41) is 8.18. The quantitative estimate of drug-likeness (QED) is 0.456. The molecule has 0 atom stereocenters. The van der Waals surface area contributed by atoms with E-state index < -0.39 is 0 Å². The normalized spacial score (nSPS) is 14.3. The number of fused-ring (bicyclic) bond motifs is 1. The number of nitrogens with zero attached hydrogens (tertiary/aromatic N) is 5. The Morgan fingerprint density at radius 1 is 0.971 bits per heavy atom. The number of hydrogen-bond acceptors (Lipinski definition) is 6. The van der Waals surface area contributed by atoms with Crippen molar-refractivity contribution in [2.24, 2.45) is 0 Å². The SMILES string of the molecule is CCCc1nc(N2CCCN(C(=O)Nc3ccccc3)CC2)c2c(-c3ccccc3)noc2n1. The third kappa shape index (κ3) is 4.57. The number of benzene rings is 2. The molecule has 0 spiro atoms. The van der Waals surface area contributed by atoms with Crippen LogP contribution in [-0.2, 0) is 6.42 Å². The van der Waals surface area contributed by atoms with Crippen LogP contribution in [0.25, 0.3) is 22.4 Å². The number of anilines is 2. The lowest BCUT2D eigenvalue weighted by molar-refractivity contribution is 0.215. The molecular formula is C26H28N6O2. The Morgan fingerprint density at radius 2 is 1.74 bits per heavy atom. The molecule has 0 saturated carbocycles. The van der Waals surface area contributed by atoms with Gasteiger partial charge in [-0.1, -0.05) is 60.6 Å². The Bertz CT molecular complexity index is 1260. The summed E-state index contributed by atoms with van der Waals surface area (Å²) in [5.74, 6) is 1.59. The second-order valence-electron chi connectivity index (χ2n) is 8.41. The highest BCUT2D eigenvalue weighted by Gasteiger charge is 2.25. The molecule has 8 nitrogen and oxygen atoms in total. The van der Waals surface area contributed by atoms with Gasteiger partial charge in [-0.15, -0.1) is 0 Å². The number of carbonyl (C=O) groups is 1. The first-order valence-corrected chi connectivity index (χ1v) is 11.8. The van der Waals surface area contributed by atoms with Gasteiger partial charge in [0.2, 0.25) is 0 Å². The van der Waals surface area contributed by atoms with Gasteiger partial charge in [0, 0.05) is 43.9 Å². The second-order valence-corrected chi connectivity index (χ2v) is 8.41. The number of carbonyl (C=O) groups excluding carboxylic acids is 1. The van der Waals surface area contributed by atoms with Crippen LogP contribution >= 0.6 is 0 Å². The monoisotopic (exact) mass is 456 g/mol. The summed E-state index contributed by atoms with van der Waals surface area (Å²) in [6.45, 7) is 4.84. The van der Waals surface area contributed by atoms with Crippen LogP contribution in [0.15, 0.2) is 65.2 Å². The van der Waals surface area contributed by atoms with Crippen LogP contribution in [0.1, 0.15) is 25.6 Å². The summed E-state index contributed by atoms with van der Waals surface area (Å²) in [4.78, 5) is 26.5. The van der Waals surface area contributed by atoms with Gasteiger partial charge in [-0.25, -0.2) is 9.78 Å². The van der Waals surface area contributed by atoms with Gasteiger partial charge in [0.15, 0.2) is 0 Å². The lowest BCUT2D eigenvalue weighted by Gasteiger charge is -2.24. The van der Waals surface area contributed by atoms with Crippen LogP contribution in [-0.4, -0.2) is 52.2 Å². The number of aryl methyl sites for hydroxylation is 1.